The topological polar surface area (TPSA) is 66.9 Å². The number of sulfonamides is 1. The van der Waals surface area contributed by atoms with Crippen LogP contribution in [0.25, 0.3) is 0 Å². The van der Waals surface area contributed by atoms with E-state index in [9.17, 15) is 13.2 Å². The third-order valence-corrected chi connectivity index (χ3v) is 7.98. The van der Waals surface area contributed by atoms with Gasteiger partial charge in [0.05, 0.1) is 11.5 Å². The van der Waals surface area contributed by atoms with Crippen LogP contribution in [0, 0.1) is 6.92 Å². The highest BCUT2D eigenvalue weighted by molar-refractivity contribution is 7.89. The first-order chi connectivity index (χ1) is 15.0. The predicted octanol–water partition coefficient (Wildman–Crippen LogP) is 3.92. The van der Waals surface area contributed by atoms with Gasteiger partial charge in [-0.3, -0.25) is 4.79 Å². The smallest absolute Gasteiger partial charge is 0.243 e. The Labute approximate surface area is 184 Å². The van der Waals surface area contributed by atoms with Crippen LogP contribution in [0.2, 0.25) is 0 Å². The molecule has 0 radical (unpaired) electrons. The molecule has 1 amide bonds. The molecule has 1 fully saturated rings. The van der Waals surface area contributed by atoms with E-state index in [1.165, 1.54) is 0 Å². The van der Waals surface area contributed by atoms with Crippen molar-refractivity contribution < 1.29 is 17.9 Å². The molecular formula is C24H30N2O4S. The van der Waals surface area contributed by atoms with E-state index < -0.39 is 10.0 Å². The van der Waals surface area contributed by atoms with Gasteiger partial charge in [-0.25, -0.2) is 8.42 Å². The summed E-state index contributed by atoms with van der Waals surface area (Å²) in [6, 6.07) is 13.0. The van der Waals surface area contributed by atoms with E-state index in [1.807, 2.05) is 31.2 Å². The standard InChI is InChI=1S/C24H30N2O4S/c1-19-8-3-4-9-23(19)30-17-7-10-24(27)26-16-13-20-18-21(11-12-22(20)26)31(28,29)25-14-5-2-6-15-25/h3-4,8-9,11-12,18H,2,5-7,10,13-17H2,1H3. The van der Waals surface area contributed by atoms with E-state index in [-0.39, 0.29) is 5.91 Å². The molecule has 31 heavy (non-hydrogen) atoms. The molecule has 0 saturated carbocycles. The number of anilines is 1. The Morgan fingerprint density at radius 2 is 1.81 bits per heavy atom. The minimum atomic E-state index is -3.46. The van der Waals surface area contributed by atoms with Crippen molar-refractivity contribution in [3.8, 4) is 5.75 Å². The first kappa shape index (κ1) is 21.8. The minimum absolute atomic E-state index is 0.0544. The molecule has 7 heteroatoms. The lowest BCUT2D eigenvalue weighted by Crippen LogP contribution is -2.35. The van der Waals surface area contributed by atoms with Crippen molar-refractivity contribution >= 4 is 21.6 Å². The van der Waals surface area contributed by atoms with Crippen LogP contribution in [-0.2, 0) is 21.2 Å². The lowest BCUT2D eigenvalue weighted by molar-refractivity contribution is -0.118. The number of nitrogens with zero attached hydrogens (tertiary/aromatic N) is 2. The molecule has 2 heterocycles. The first-order valence-corrected chi connectivity index (χ1v) is 12.5. The van der Waals surface area contributed by atoms with Crippen molar-refractivity contribution in [3.05, 3.63) is 53.6 Å². The maximum Gasteiger partial charge on any atom is 0.243 e. The maximum absolute atomic E-state index is 12.9. The molecule has 0 atom stereocenters. The normalized spacial score (nSPS) is 16.9. The van der Waals surface area contributed by atoms with Crippen LogP contribution >= 0.6 is 0 Å². The number of amides is 1. The summed E-state index contributed by atoms with van der Waals surface area (Å²) < 4.78 is 33.3. The summed E-state index contributed by atoms with van der Waals surface area (Å²) in [4.78, 5) is 14.9. The molecule has 0 bridgehead atoms. The van der Waals surface area contributed by atoms with Crippen LogP contribution in [0.4, 0.5) is 5.69 Å². The SMILES string of the molecule is Cc1ccccc1OCCCC(=O)N1CCc2cc(S(=O)(=O)N3CCCCC3)ccc21. The van der Waals surface area contributed by atoms with Gasteiger partial charge in [0.25, 0.3) is 0 Å². The largest absolute Gasteiger partial charge is 0.493 e. The van der Waals surface area contributed by atoms with Gasteiger partial charge in [-0.2, -0.15) is 4.31 Å². The molecule has 0 spiro atoms. The van der Waals surface area contributed by atoms with Crippen LogP contribution < -0.4 is 9.64 Å². The third-order valence-electron chi connectivity index (χ3n) is 6.09. The Balaban J connectivity index is 1.36. The highest BCUT2D eigenvalue weighted by Gasteiger charge is 2.29. The van der Waals surface area contributed by atoms with Gasteiger partial charge in [0.2, 0.25) is 15.9 Å². The van der Waals surface area contributed by atoms with E-state index in [1.54, 1.807) is 27.4 Å². The van der Waals surface area contributed by atoms with E-state index in [2.05, 4.69) is 0 Å². The van der Waals surface area contributed by atoms with E-state index in [0.717, 1.165) is 41.8 Å². The van der Waals surface area contributed by atoms with Gasteiger partial charge in [-0.1, -0.05) is 24.6 Å². The number of carbonyl (C=O) groups excluding carboxylic acids is 1. The highest BCUT2D eigenvalue weighted by atomic mass is 32.2. The quantitative estimate of drug-likeness (QED) is 0.610. The second-order valence-corrected chi connectivity index (χ2v) is 10.2. The van der Waals surface area contributed by atoms with E-state index in [4.69, 9.17) is 4.74 Å². The Bertz CT molecular complexity index is 1050. The number of aryl methyl sites for hydroxylation is 1. The van der Waals surface area contributed by atoms with Crippen LogP contribution in [0.15, 0.2) is 47.4 Å². The zero-order valence-electron chi connectivity index (χ0n) is 18.0. The predicted molar refractivity (Wildman–Crippen MR) is 121 cm³/mol. The Morgan fingerprint density at radius 1 is 1.03 bits per heavy atom. The fourth-order valence-electron chi connectivity index (χ4n) is 4.31. The van der Waals surface area contributed by atoms with Gasteiger partial charge in [0.1, 0.15) is 5.75 Å². The van der Waals surface area contributed by atoms with Crippen LogP contribution in [0.5, 0.6) is 5.75 Å². The molecule has 166 valence electrons. The summed E-state index contributed by atoms with van der Waals surface area (Å²) in [7, 11) is -3.46. The summed E-state index contributed by atoms with van der Waals surface area (Å²) in [6.45, 7) is 4.27. The van der Waals surface area contributed by atoms with Gasteiger partial charge >= 0.3 is 0 Å². The molecule has 2 aliphatic rings. The average molecular weight is 443 g/mol. The Kier molecular flexibility index (Phi) is 6.62. The summed E-state index contributed by atoms with van der Waals surface area (Å²) in [5.74, 6) is 0.905. The van der Waals surface area contributed by atoms with Gasteiger partial charge in [0.15, 0.2) is 0 Å². The molecule has 2 aromatic carbocycles. The maximum atomic E-state index is 12.9. The Morgan fingerprint density at radius 3 is 2.58 bits per heavy atom. The number of carbonyl (C=O) groups is 1. The van der Waals surface area contributed by atoms with Crippen molar-refractivity contribution in [1.29, 1.82) is 0 Å². The van der Waals surface area contributed by atoms with Crippen LogP contribution in [-0.4, -0.2) is 44.9 Å². The second-order valence-electron chi connectivity index (χ2n) is 8.27. The monoisotopic (exact) mass is 442 g/mol. The number of para-hydroxylation sites is 1. The second kappa shape index (κ2) is 9.40. The van der Waals surface area contributed by atoms with E-state index in [0.29, 0.717) is 50.4 Å². The summed E-state index contributed by atoms with van der Waals surface area (Å²) >= 11 is 0. The molecule has 0 N–H and O–H groups in total. The average Bonchev–Trinajstić information content (AvgIpc) is 3.22. The Hall–Kier alpha value is -2.38. The van der Waals surface area contributed by atoms with E-state index >= 15 is 0 Å². The molecule has 0 aliphatic carbocycles. The number of benzene rings is 2. The van der Waals surface area contributed by atoms with Crippen molar-refractivity contribution in [1.82, 2.24) is 4.31 Å². The lowest BCUT2D eigenvalue weighted by Gasteiger charge is -2.26. The molecule has 0 aromatic heterocycles. The van der Waals surface area contributed by atoms with Gasteiger partial charge in [-0.15, -0.1) is 0 Å². The van der Waals surface area contributed by atoms with Crippen LogP contribution in [0.1, 0.15) is 43.2 Å². The summed E-state index contributed by atoms with van der Waals surface area (Å²) in [5.41, 5.74) is 2.85. The molecular weight excluding hydrogens is 412 g/mol. The third kappa shape index (κ3) is 4.77. The number of hydrogen-bond donors (Lipinski definition) is 0. The number of ether oxygens (including phenoxy) is 1. The molecule has 6 nitrogen and oxygen atoms in total. The highest BCUT2D eigenvalue weighted by Crippen LogP contribution is 2.32. The molecule has 1 saturated heterocycles. The van der Waals surface area contributed by atoms with Gasteiger partial charge < -0.3 is 9.64 Å². The van der Waals surface area contributed by atoms with Crippen LogP contribution in [0.3, 0.4) is 0 Å². The number of rotatable bonds is 7. The van der Waals surface area contributed by atoms with Gasteiger partial charge in [-0.05, 0) is 68.0 Å². The molecule has 0 unspecified atom stereocenters. The molecule has 2 aliphatic heterocycles. The molecule has 2 aromatic rings. The number of fused-ring (bicyclic) bond motifs is 1. The van der Waals surface area contributed by atoms with Crippen molar-refractivity contribution in [3.63, 3.8) is 0 Å². The lowest BCUT2D eigenvalue weighted by atomic mass is 10.2. The number of piperidine rings is 1. The zero-order chi connectivity index (χ0) is 21.8. The van der Waals surface area contributed by atoms with Crippen molar-refractivity contribution in [2.45, 2.75) is 50.3 Å². The fourth-order valence-corrected chi connectivity index (χ4v) is 5.88. The van der Waals surface area contributed by atoms with Crippen molar-refractivity contribution in [2.24, 2.45) is 0 Å². The summed E-state index contributed by atoms with van der Waals surface area (Å²) in [6.07, 6.45) is 4.65. The minimum Gasteiger partial charge on any atom is -0.493 e. The number of hydrogen-bond acceptors (Lipinski definition) is 4. The first-order valence-electron chi connectivity index (χ1n) is 11.1. The summed E-state index contributed by atoms with van der Waals surface area (Å²) in [5, 5.41) is 0. The zero-order valence-corrected chi connectivity index (χ0v) is 18.9. The van der Waals surface area contributed by atoms with Crippen molar-refractivity contribution in [2.75, 3.05) is 31.1 Å². The fraction of sp³-hybridized carbons (Fsp3) is 0.458. The molecule has 4 rings (SSSR count). The van der Waals surface area contributed by atoms with Gasteiger partial charge in [0, 0.05) is 31.7 Å².